The van der Waals surface area contributed by atoms with Crippen LogP contribution in [-0.2, 0) is 6.42 Å². The monoisotopic (exact) mass is 336 g/mol. The van der Waals surface area contributed by atoms with Gasteiger partial charge >= 0.3 is 0 Å². The number of halogens is 2. The second kappa shape index (κ2) is 6.34. The summed E-state index contributed by atoms with van der Waals surface area (Å²) in [5, 5.41) is 4.76. The molecular weight excluding hydrogens is 323 g/mol. The van der Waals surface area contributed by atoms with E-state index in [4.69, 9.17) is 29.0 Å². The molecule has 0 aliphatic rings. The Morgan fingerprint density at radius 3 is 2.76 bits per heavy atom. The molecule has 0 bridgehead atoms. The topological polar surface area (TPSA) is 38.0 Å². The molecule has 3 N–H and O–H groups in total. The van der Waals surface area contributed by atoms with Crippen molar-refractivity contribution in [3.8, 4) is 0 Å². The highest BCUT2D eigenvalue weighted by atomic mass is 35.5. The zero-order valence-corrected chi connectivity index (χ0v) is 13.5. The Morgan fingerprint density at radius 1 is 1.14 bits per heavy atom. The van der Waals surface area contributed by atoms with Crippen molar-refractivity contribution >= 4 is 44.6 Å². The molecule has 0 aliphatic carbocycles. The molecule has 21 heavy (non-hydrogen) atoms. The highest BCUT2D eigenvalue weighted by Gasteiger charge is 2.16. The first-order chi connectivity index (χ1) is 10.2. The third kappa shape index (κ3) is 3.07. The molecule has 3 rings (SSSR count). The van der Waals surface area contributed by atoms with Gasteiger partial charge in [-0.2, -0.15) is 0 Å². The van der Waals surface area contributed by atoms with Crippen LogP contribution in [0.15, 0.2) is 47.8 Å². The Morgan fingerprint density at radius 2 is 1.95 bits per heavy atom. The fraction of sp³-hybridized carbons (Fsp3) is 0.125. The van der Waals surface area contributed by atoms with E-state index in [1.54, 1.807) is 17.4 Å². The molecule has 108 valence electrons. The van der Waals surface area contributed by atoms with E-state index in [0.29, 0.717) is 16.5 Å². The van der Waals surface area contributed by atoms with Crippen molar-refractivity contribution in [1.82, 2.24) is 5.43 Å². The average molecular weight is 337 g/mol. The largest absolute Gasteiger partial charge is 0.271 e. The van der Waals surface area contributed by atoms with E-state index in [1.807, 2.05) is 24.3 Å². The number of thiophene rings is 1. The van der Waals surface area contributed by atoms with Gasteiger partial charge in [0, 0.05) is 14.7 Å². The molecule has 1 heterocycles. The molecule has 2 nitrogen and oxygen atoms in total. The lowest BCUT2D eigenvalue weighted by atomic mass is 9.99. The number of rotatable bonds is 4. The predicted molar refractivity (Wildman–Crippen MR) is 92.1 cm³/mol. The fourth-order valence-corrected chi connectivity index (χ4v) is 3.85. The Labute approximate surface area is 137 Å². The lowest BCUT2D eigenvalue weighted by Crippen LogP contribution is -2.29. The van der Waals surface area contributed by atoms with Gasteiger partial charge in [-0.05, 0) is 52.6 Å². The molecule has 0 amide bonds. The average Bonchev–Trinajstić information content (AvgIpc) is 2.92. The molecular formula is C16H14Cl2N2S. The Kier molecular flexibility index (Phi) is 4.48. The van der Waals surface area contributed by atoms with Gasteiger partial charge in [0.2, 0.25) is 0 Å². The van der Waals surface area contributed by atoms with Gasteiger partial charge in [-0.15, -0.1) is 11.3 Å². The summed E-state index contributed by atoms with van der Waals surface area (Å²) in [6, 6.07) is 13.8. The number of hydrazine groups is 1. The van der Waals surface area contributed by atoms with Crippen LogP contribution >= 0.6 is 34.5 Å². The second-order valence-corrected chi connectivity index (χ2v) is 6.60. The van der Waals surface area contributed by atoms with Crippen LogP contribution in [0.5, 0.6) is 0 Å². The number of nitrogens with two attached hydrogens (primary N) is 1. The van der Waals surface area contributed by atoms with Crippen molar-refractivity contribution in [3.05, 3.63) is 69.0 Å². The van der Waals surface area contributed by atoms with Crippen LogP contribution in [0.1, 0.15) is 17.2 Å². The van der Waals surface area contributed by atoms with Crippen LogP contribution in [0.4, 0.5) is 0 Å². The van der Waals surface area contributed by atoms with Crippen molar-refractivity contribution in [3.63, 3.8) is 0 Å². The minimum Gasteiger partial charge on any atom is -0.271 e. The smallest absolute Gasteiger partial charge is 0.0515 e. The molecule has 2 aromatic carbocycles. The van der Waals surface area contributed by atoms with Gasteiger partial charge in [0.15, 0.2) is 0 Å². The van der Waals surface area contributed by atoms with Crippen LogP contribution in [0.2, 0.25) is 10.0 Å². The standard InChI is InChI=1S/C16H14Cl2N2S/c17-11-5-6-14(18)10(7-11)8-15(20-19)13-9-21-16-4-2-1-3-12(13)16/h1-7,9,15,20H,8,19H2. The fourth-order valence-electron chi connectivity index (χ4n) is 2.45. The van der Waals surface area contributed by atoms with Gasteiger partial charge in [-0.25, -0.2) is 0 Å². The van der Waals surface area contributed by atoms with E-state index < -0.39 is 0 Å². The molecule has 0 aliphatic heterocycles. The minimum atomic E-state index is -0.00267. The van der Waals surface area contributed by atoms with E-state index in [2.05, 4.69) is 22.9 Å². The van der Waals surface area contributed by atoms with Crippen molar-refractivity contribution in [2.45, 2.75) is 12.5 Å². The van der Waals surface area contributed by atoms with Crippen molar-refractivity contribution in [2.24, 2.45) is 5.84 Å². The van der Waals surface area contributed by atoms with E-state index in [-0.39, 0.29) is 6.04 Å². The number of nitrogens with one attached hydrogen (secondary N) is 1. The Bertz CT molecular complexity index is 770. The molecule has 0 fully saturated rings. The van der Waals surface area contributed by atoms with Gasteiger partial charge < -0.3 is 0 Å². The number of hydrogen-bond donors (Lipinski definition) is 2. The van der Waals surface area contributed by atoms with Gasteiger partial charge in [-0.3, -0.25) is 11.3 Å². The number of fused-ring (bicyclic) bond motifs is 1. The Hall–Kier alpha value is -1.10. The summed E-state index contributed by atoms with van der Waals surface area (Å²) in [5.74, 6) is 5.77. The normalized spacial score (nSPS) is 12.7. The molecule has 1 unspecified atom stereocenters. The van der Waals surface area contributed by atoms with Crippen LogP contribution in [0, 0.1) is 0 Å². The van der Waals surface area contributed by atoms with E-state index in [1.165, 1.54) is 15.6 Å². The molecule has 0 spiro atoms. The molecule has 5 heteroatoms. The lowest BCUT2D eigenvalue weighted by Gasteiger charge is -2.16. The van der Waals surface area contributed by atoms with Crippen molar-refractivity contribution < 1.29 is 0 Å². The third-order valence-electron chi connectivity index (χ3n) is 3.52. The van der Waals surface area contributed by atoms with Crippen LogP contribution in [-0.4, -0.2) is 0 Å². The van der Waals surface area contributed by atoms with Gasteiger partial charge in [0.1, 0.15) is 0 Å². The quantitative estimate of drug-likeness (QED) is 0.522. The van der Waals surface area contributed by atoms with Crippen LogP contribution in [0.3, 0.4) is 0 Å². The third-order valence-corrected chi connectivity index (χ3v) is 5.10. The minimum absolute atomic E-state index is 0.00267. The molecule has 0 radical (unpaired) electrons. The number of benzene rings is 2. The molecule has 3 aromatic rings. The summed E-state index contributed by atoms with van der Waals surface area (Å²) in [6.07, 6.45) is 0.691. The molecule has 0 saturated carbocycles. The number of hydrogen-bond acceptors (Lipinski definition) is 3. The second-order valence-electron chi connectivity index (χ2n) is 4.85. The van der Waals surface area contributed by atoms with E-state index in [0.717, 1.165) is 5.56 Å². The zero-order valence-electron chi connectivity index (χ0n) is 11.1. The highest BCUT2D eigenvalue weighted by molar-refractivity contribution is 7.17. The molecule has 1 aromatic heterocycles. The summed E-state index contributed by atoms with van der Waals surface area (Å²) in [4.78, 5) is 0. The first-order valence-electron chi connectivity index (χ1n) is 6.55. The maximum atomic E-state index is 6.25. The van der Waals surface area contributed by atoms with Gasteiger partial charge in [0.05, 0.1) is 6.04 Å². The van der Waals surface area contributed by atoms with E-state index in [9.17, 15) is 0 Å². The zero-order chi connectivity index (χ0) is 14.8. The summed E-state index contributed by atoms with van der Waals surface area (Å²) in [7, 11) is 0. The van der Waals surface area contributed by atoms with E-state index >= 15 is 0 Å². The van der Waals surface area contributed by atoms with Crippen LogP contribution in [0.25, 0.3) is 10.1 Å². The first kappa shape index (κ1) is 14.8. The highest BCUT2D eigenvalue weighted by Crippen LogP contribution is 2.33. The maximum Gasteiger partial charge on any atom is 0.0515 e. The summed E-state index contributed by atoms with van der Waals surface area (Å²) >= 11 is 14.0. The Balaban J connectivity index is 1.97. The predicted octanol–water partition coefficient (Wildman–Crippen LogP) is 4.96. The summed E-state index contributed by atoms with van der Waals surface area (Å²) in [5.41, 5.74) is 5.07. The lowest BCUT2D eigenvalue weighted by molar-refractivity contribution is 0.557. The first-order valence-corrected chi connectivity index (χ1v) is 8.19. The van der Waals surface area contributed by atoms with Crippen molar-refractivity contribution in [2.75, 3.05) is 0 Å². The maximum absolute atomic E-state index is 6.25. The van der Waals surface area contributed by atoms with Crippen molar-refractivity contribution in [1.29, 1.82) is 0 Å². The summed E-state index contributed by atoms with van der Waals surface area (Å²) < 4.78 is 1.25. The SMILES string of the molecule is NNC(Cc1cc(Cl)ccc1Cl)c1csc2ccccc12. The van der Waals surface area contributed by atoms with Gasteiger partial charge in [-0.1, -0.05) is 41.4 Å². The molecule has 1 atom stereocenters. The molecule has 0 saturated heterocycles. The van der Waals surface area contributed by atoms with Gasteiger partial charge in [0.25, 0.3) is 0 Å². The van der Waals surface area contributed by atoms with Crippen LogP contribution < -0.4 is 11.3 Å². The summed E-state index contributed by atoms with van der Waals surface area (Å²) in [6.45, 7) is 0.